The van der Waals surface area contributed by atoms with Crippen molar-refractivity contribution < 1.29 is 4.79 Å². The summed E-state index contributed by atoms with van der Waals surface area (Å²) < 4.78 is 1.70. The first-order valence-corrected chi connectivity index (χ1v) is 5.38. The molecule has 0 amide bonds. The van der Waals surface area contributed by atoms with Crippen molar-refractivity contribution >= 4 is 6.29 Å². The Kier molecular flexibility index (Phi) is 3.14. The molecule has 17 heavy (non-hydrogen) atoms. The molecule has 4 heteroatoms. The Labute approximate surface area is 98.5 Å². The largest absolute Gasteiger partial charge is 0.298 e. The molecule has 1 aromatic heterocycles. The van der Waals surface area contributed by atoms with E-state index in [1.807, 2.05) is 6.92 Å². The lowest BCUT2D eigenvalue weighted by Gasteiger charge is -2.04. The average Bonchev–Trinajstić information content (AvgIpc) is 2.39. The van der Waals surface area contributed by atoms with Gasteiger partial charge in [0.2, 0.25) is 5.43 Å². The predicted octanol–water partition coefficient (Wildman–Crippen LogP) is 1.74. The van der Waals surface area contributed by atoms with Crippen LogP contribution in [0.25, 0.3) is 11.3 Å². The van der Waals surface area contributed by atoms with Gasteiger partial charge in [-0.1, -0.05) is 24.3 Å². The van der Waals surface area contributed by atoms with Crippen LogP contribution in [0.1, 0.15) is 17.3 Å². The van der Waals surface area contributed by atoms with Gasteiger partial charge in [0, 0.05) is 29.9 Å². The molecule has 0 aliphatic carbocycles. The van der Waals surface area contributed by atoms with Gasteiger partial charge in [-0.15, -0.1) is 0 Å². The summed E-state index contributed by atoms with van der Waals surface area (Å²) in [6, 6.07) is 8.31. The molecule has 0 radical (unpaired) electrons. The molecular formula is C13H12N2O2. The lowest BCUT2D eigenvalue weighted by Crippen LogP contribution is -2.12. The van der Waals surface area contributed by atoms with Crippen LogP contribution in [0.2, 0.25) is 0 Å². The summed E-state index contributed by atoms with van der Waals surface area (Å²) in [4.78, 5) is 22.2. The molecule has 0 N–H and O–H groups in total. The predicted molar refractivity (Wildman–Crippen MR) is 65.0 cm³/mol. The Morgan fingerprint density at radius 3 is 2.53 bits per heavy atom. The Balaban J connectivity index is 2.51. The summed E-state index contributed by atoms with van der Waals surface area (Å²) >= 11 is 0. The molecule has 4 nitrogen and oxygen atoms in total. The molecule has 0 atom stereocenters. The summed E-state index contributed by atoms with van der Waals surface area (Å²) in [5, 5.41) is 4.23. The van der Waals surface area contributed by atoms with Crippen molar-refractivity contribution in [3.63, 3.8) is 0 Å². The fraction of sp³-hybridized carbons (Fsp3) is 0.154. The molecule has 1 aromatic carbocycles. The van der Waals surface area contributed by atoms with Gasteiger partial charge in [-0.2, -0.15) is 5.10 Å². The van der Waals surface area contributed by atoms with Crippen molar-refractivity contribution in [2.45, 2.75) is 13.5 Å². The van der Waals surface area contributed by atoms with Crippen molar-refractivity contribution in [1.82, 2.24) is 9.78 Å². The average molecular weight is 228 g/mol. The third-order valence-corrected chi connectivity index (χ3v) is 2.50. The summed E-state index contributed by atoms with van der Waals surface area (Å²) in [5.74, 6) is 0. The Bertz CT molecular complexity index is 585. The van der Waals surface area contributed by atoms with Gasteiger partial charge in [0.1, 0.15) is 12.0 Å². The Morgan fingerprint density at radius 2 is 1.94 bits per heavy atom. The maximum Gasteiger partial charge on any atom is 0.208 e. The first kappa shape index (κ1) is 11.3. The lowest BCUT2D eigenvalue weighted by atomic mass is 10.1. The highest BCUT2D eigenvalue weighted by molar-refractivity contribution is 5.76. The van der Waals surface area contributed by atoms with E-state index in [0.717, 1.165) is 11.8 Å². The highest BCUT2D eigenvalue weighted by Gasteiger charge is 2.05. The van der Waals surface area contributed by atoms with Gasteiger partial charge < -0.3 is 0 Å². The van der Waals surface area contributed by atoms with Gasteiger partial charge >= 0.3 is 0 Å². The number of nitrogens with zero attached hydrogens (tertiary/aromatic N) is 2. The van der Waals surface area contributed by atoms with E-state index in [4.69, 9.17) is 0 Å². The SMILES string of the molecule is CCn1ccc(=O)c(-c2ccc(C=O)cc2)n1. The van der Waals surface area contributed by atoms with Gasteiger partial charge in [-0.05, 0) is 6.92 Å². The van der Waals surface area contributed by atoms with E-state index >= 15 is 0 Å². The quantitative estimate of drug-likeness (QED) is 0.752. The molecule has 86 valence electrons. The standard InChI is InChI=1S/C13H12N2O2/c1-2-15-8-7-12(17)13(14-15)11-5-3-10(9-16)4-6-11/h3-9H,2H2,1H3. The second-order valence-corrected chi connectivity index (χ2v) is 3.62. The topological polar surface area (TPSA) is 52.0 Å². The molecule has 0 bridgehead atoms. The van der Waals surface area contributed by atoms with Crippen molar-refractivity contribution in [1.29, 1.82) is 0 Å². The van der Waals surface area contributed by atoms with Gasteiger partial charge in [0.15, 0.2) is 0 Å². The van der Waals surface area contributed by atoms with E-state index < -0.39 is 0 Å². The number of carbonyl (C=O) groups is 1. The van der Waals surface area contributed by atoms with Crippen molar-refractivity contribution in [2.75, 3.05) is 0 Å². The van der Waals surface area contributed by atoms with Crippen molar-refractivity contribution in [2.24, 2.45) is 0 Å². The van der Waals surface area contributed by atoms with E-state index in [0.29, 0.717) is 17.8 Å². The number of aldehydes is 1. The molecule has 0 saturated heterocycles. The van der Waals surface area contributed by atoms with Crippen LogP contribution < -0.4 is 5.43 Å². The van der Waals surface area contributed by atoms with Crippen LogP contribution in [0.4, 0.5) is 0 Å². The van der Waals surface area contributed by atoms with Gasteiger partial charge in [-0.3, -0.25) is 14.3 Å². The Hall–Kier alpha value is -2.23. The van der Waals surface area contributed by atoms with Crippen LogP contribution in [0.15, 0.2) is 41.3 Å². The zero-order valence-electron chi connectivity index (χ0n) is 9.46. The molecule has 0 aliphatic rings. The fourth-order valence-electron chi connectivity index (χ4n) is 1.54. The number of aryl methyl sites for hydroxylation is 1. The van der Waals surface area contributed by atoms with Crippen LogP contribution in [0, 0.1) is 0 Å². The third kappa shape index (κ3) is 2.30. The van der Waals surface area contributed by atoms with Crippen molar-refractivity contribution in [3.8, 4) is 11.3 Å². The van der Waals surface area contributed by atoms with Crippen LogP contribution in [-0.2, 0) is 6.54 Å². The minimum Gasteiger partial charge on any atom is -0.298 e. The molecule has 2 rings (SSSR count). The number of benzene rings is 1. The molecule has 0 saturated carbocycles. The van der Waals surface area contributed by atoms with E-state index in [2.05, 4.69) is 5.10 Å². The highest BCUT2D eigenvalue weighted by atomic mass is 16.1. The molecule has 0 aliphatic heterocycles. The first-order chi connectivity index (χ1) is 8.24. The Morgan fingerprint density at radius 1 is 1.24 bits per heavy atom. The van der Waals surface area contributed by atoms with Crippen LogP contribution in [-0.4, -0.2) is 16.1 Å². The number of carbonyl (C=O) groups excluding carboxylic acids is 1. The van der Waals surface area contributed by atoms with E-state index in [1.165, 1.54) is 6.07 Å². The smallest absolute Gasteiger partial charge is 0.208 e. The number of rotatable bonds is 3. The second kappa shape index (κ2) is 4.74. The molecule has 2 aromatic rings. The van der Waals surface area contributed by atoms with Crippen LogP contribution in [0.5, 0.6) is 0 Å². The normalized spacial score (nSPS) is 10.2. The number of aromatic nitrogens is 2. The summed E-state index contributed by atoms with van der Waals surface area (Å²) in [5.41, 5.74) is 1.60. The highest BCUT2D eigenvalue weighted by Crippen LogP contribution is 2.12. The second-order valence-electron chi connectivity index (χ2n) is 3.62. The summed E-state index contributed by atoms with van der Waals surface area (Å²) in [7, 11) is 0. The summed E-state index contributed by atoms with van der Waals surface area (Å²) in [6.45, 7) is 2.66. The van der Waals surface area contributed by atoms with Crippen molar-refractivity contribution in [3.05, 3.63) is 52.3 Å². The molecule has 1 heterocycles. The molecular weight excluding hydrogens is 216 g/mol. The maximum absolute atomic E-state index is 11.7. The fourth-order valence-corrected chi connectivity index (χ4v) is 1.54. The maximum atomic E-state index is 11.7. The van der Waals surface area contributed by atoms with Crippen LogP contribution in [0.3, 0.4) is 0 Å². The minimum atomic E-state index is -0.117. The van der Waals surface area contributed by atoms with E-state index in [-0.39, 0.29) is 5.43 Å². The van der Waals surface area contributed by atoms with E-state index in [9.17, 15) is 9.59 Å². The molecule has 0 unspecified atom stereocenters. The third-order valence-electron chi connectivity index (χ3n) is 2.50. The number of hydrogen-bond donors (Lipinski definition) is 0. The van der Waals surface area contributed by atoms with Gasteiger partial charge in [0.25, 0.3) is 0 Å². The lowest BCUT2D eigenvalue weighted by molar-refractivity contribution is 0.112. The monoisotopic (exact) mass is 228 g/mol. The summed E-state index contributed by atoms with van der Waals surface area (Å²) in [6.07, 6.45) is 2.43. The van der Waals surface area contributed by atoms with Gasteiger partial charge in [-0.25, -0.2) is 0 Å². The molecule has 0 fully saturated rings. The van der Waals surface area contributed by atoms with E-state index in [1.54, 1.807) is 35.1 Å². The first-order valence-electron chi connectivity index (χ1n) is 5.38. The van der Waals surface area contributed by atoms with Gasteiger partial charge in [0.05, 0.1) is 0 Å². The van der Waals surface area contributed by atoms with Crippen LogP contribution >= 0.6 is 0 Å². The number of hydrogen-bond acceptors (Lipinski definition) is 3. The zero-order chi connectivity index (χ0) is 12.3. The zero-order valence-corrected chi connectivity index (χ0v) is 9.46. The minimum absolute atomic E-state index is 0.117. The molecule has 0 spiro atoms.